The van der Waals surface area contributed by atoms with E-state index in [0.29, 0.717) is 0 Å². The van der Waals surface area contributed by atoms with Crippen LogP contribution in [0.3, 0.4) is 0 Å². The molecule has 2 heterocycles. The molecule has 4 fully saturated rings. The fraction of sp³-hybridized carbons (Fsp3) is 0.235. The molecule has 1 atom stereocenters. The molecule has 72 heavy (non-hydrogen) atoms. The quantitative estimate of drug-likeness (QED) is 0.141. The minimum atomic E-state index is -0.106. The Labute approximate surface area is 426 Å². The lowest BCUT2D eigenvalue weighted by Gasteiger charge is -2.62. The highest BCUT2D eigenvalue weighted by Crippen LogP contribution is 2.61. The third kappa shape index (κ3) is 7.23. The van der Waals surface area contributed by atoms with Gasteiger partial charge in [0.1, 0.15) is 11.5 Å². The fourth-order valence-corrected chi connectivity index (χ4v) is 14.6. The molecule has 3 nitrogen and oxygen atoms in total. The minimum absolute atomic E-state index is 0.0134. The van der Waals surface area contributed by atoms with E-state index in [1.54, 1.807) is 0 Å². The summed E-state index contributed by atoms with van der Waals surface area (Å²) >= 11 is 0. The van der Waals surface area contributed by atoms with Crippen molar-refractivity contribution in [2.24, 2.45) is 17.8 Å². The van der Waals surface area contributed by atoms with Crippen LogP contribution in [0.15, 0.2) is 206 Å². The van der Waals surface area contributed by atoms with Crippen molar-refractivity contribution in [1.82, 2.24) is 0 Å². The maximum Gasteiger partial charge on any atom is 0.256 e. The second-order valence-electron chi connectivity index (χ2n) is 23.1. The number of hydrogen-bond donors (Lipinski definition) is 0. The second-order valence-corrected chi connectivity index (χ2v) is 23.1. The van der Waals surface area contributed by atoms with Crippen molar-refractivity contribution in [3.05, 3.63) is 217 Å². The van der Waals surface area contributed by atoms with Crippen LogP contribution in [0.25, 0.3) is 33.4 Å². The summed E-state index contributed by atoms with van der Waals surface area (Å²) in [6, 6.07) is 68.5. The van der Waals surface area contributed by atoms with Gasteiger partial charge in [-0.05, 0) is 178 Å². The van der Waals surface area contributed by atoms with E-state index in [1.165, 1.54) is 99.7 Å². The molecule has 2 aliphatic heterocycles. The molecular formula is C68H61BN2O. The van der Waals surface area contributed by atoms with Gasteiger partial charge in [0.15, 0.2) is 0 Å². The van der Waals surface area contributed by atoms with Gasteiger partial charge in [0.25, 0.3) is 6.71 Å². The van der Waals surface area contributed by atoms with Gasteiger partial charge >= 0.3 is 0 Å². The molecule has 352 valence electrons. The van der Waals surface area contributed by atoms with Crippen LogP contribution in [-0.4, -0.2) is 12.3 Å². The molecule has 0 N–H and O–H groups in total. The molecule has 0 aromatic heterocycles. The number of anilines is 5. The predicted octanol–water partition coefficient (Wildman–Crippen LogP) is 16.1. The Bertz CT molecular complexity index is 3350. The summed E-state index contributed by atoms with van der Waals surface area (Å²) in [5, 5.41) is 0. The van der Waals surface area contributed by atoms with Crippen molar-refractivity contribution >= 4 is 51.5 Å². The maximum absolute atomic E-state index is 7.75. The molecule has 4 bridgehead atoms. The van der Waals surface area contributed by atoms with Gasteiger partial charge in [-0.15, -0.1) is 0 Å². The maximum atomic E-state index is 7.75. The smallest absolute Gasteiger partial charge is 0.256 e. The largest absolute Gasteiger partial charge is 0.458 e. The lowest BCUT2D eigenvalue weighted by Crippen LogP contribution is -2.66. The van der Waals surface area contributed by atoms with E-state index in [1.807, 2.05) is 0 Å². The zero-order valence-electron chi connectivity index (χ0n) is 41.8. The van der Waals surface area contributed by atoms with Gasteiger partial charge in [0, 0.05) is 45.5 Å². The Kier molecular flexibility index (Phi) is 10.2. The first kappa shape index (κ1) is 43.5. The van der Waals surface area contributed by atoms with E-state index in [2.05, 4.69) is 237 Å². The van der Waals surface area contributed by atoms with Crippen LogP contribution in [-0.2, 0) is 5.41 Å². The zero-order valence-corrected chi connectivity index (χ0v) is 41.8. The van der Waals surface area contributed by atoms with Crippen molar-refractivity contribution < 1.29 is 4.74 Å². The highest BCUT2D eigenvalue weighted by molar-refractivity contribution is 6.99. The van der Waals surface area contributed by atoms with Gasteiger partial charge in [-0.1, -0.05) is 172 Å². The average Bonchev–Trinajstić information content (AvgIpc) is 3.41. The first-order valence-electron chi connectivity index (χ1n) is 26.7. The van der Waals surface area contributed by atoms with Gasteiger partial charge in [0.05, 0.1) is 0 Å². The van der Waals surface area contributed by atoms with E-state index < -0.39 is 0 Å². The van der Waals surface area contributed by atoms with Crippen LogP contribution >= 0.6 is 0 Å². The monoisotopic (exact) mass is 932 g/mol. The Morgan fingerprint density at radius 1 is 0.542 bits per heavy atom. The van der Waals surface area contributed by atoms with Gasteiger partial charge in [-0.2, -0.15) is 0 Å². The first-order valence-corrected chi connectivity index (χ1v) is 26.7. The molecule has 4 heteroatoms. The molecule has 4 saturated carbocycles. The van der Waals surface area contributed by atoms with E-state index in [-0.39, 0.29) is 23.6 Å². The van der Waals surface area contributed by atoms with Crippen molar-refractivity contribution in [3.63, 3.8) is 0 Å². The molecule has 8 aromatic carbocycles. The number of ether oxygens (including phenoxy) is 1. The van der Waals surface area contributed by atoms with Gasteiger partial charge in [-0.25, -0.2) is 0 Å². The van der Waals surface area contributed by atoms with E-state index in [4.69, 9.17) is 4.74 Å². The van der Waals surface area contributed by atoms with Crippen LogP contribution in [0.1, 0.15) is 82.8 Å². The number of fused-ring (bicyclic) bond motifs is 4. The Hall–Kier alpha value is -7.30. The molecule has 8 aromatic rings. The second kappa shape index (κ2) is 16.9. The molecule has 7 aliphatic rings. The van der Waals surface area contributed by atoms with Crippen LogP contribution in [0.2, 0.25) is 0 Å². The van der Waals surface area contributed by atoms with Crippen LogP contribution in [0.5, 0.6) is 11.5 Å². The SMILES string of the molecule is CC(C)(C)c1ccc(-c2cc3c4c(c2)N(C25CC6CC(CC(C6)C2)C5)c2cc(C5C=CC=CC5)c(-c5ccccc5)cc2B4c2cc(N(c4ccccc4)c4ccccc4)cc(-c4ccccc4)c2O3)cc1. The minimum Gasteiger partial charge on any atom is -0.458 e. The van der Waals surface area contributed by atoms with Crippen LogP contribution in [0, 0.1) is 17.8 Å². The molecule has 0 radical (unpaired) electrons. The molecule has 15 rings (SSSR count). The van der Waals surface area contributed by atoms with Crippen molar-refractivity contribution in [1.29, 1.82) is 0 Å². The number of para-hydroxylation sites is 2. The van der Waals surface area contributed by atoms with Crippen molar-refractivity contribution in [3.8, 4) is 44.9 Å². The third-order valence-corrected chi connectivity index (χ3v) is 17.4. The summed E-state index contributed by atoms with van der Waals surface area (Å²) in [6.07, 6.45) is 18.2. The summed E-state index contributed by atoms with van der Waals surface area (Å²) in [7, 11) is 0. The fourth-order valence-electron chi connectivity index (χ4n) is 14.6. The number of nitrogens with zero attached hydrogens (tertiary/aromatic N) is 2. The Morgan fingerprint density at radius 2 is 1.14 bits per heavy atom. The average molecular weight is 933 g/mol. The van der Waals surface area contributed by atoms with Gasteiger partial charge in [0.2, 0.25) is 0 Å². The van der Waals surface area contributed by atoms with E-state index in [0.717, 1.165) is 63.9 Å². The first-order chi connectivity index (χ1) is 35.2. The highest BCUT2D eigenvalue weighted by Gasteiger charge is 2.57. The Morgan fingerprint density at radius 3 is 1.72 bits per heavy atom. The van der Waals surface area contributed by atoms with Crippen LogP contribution < -0.4 is 30.9 Å². The third-order valence-electron chi connectivity index (χ3n) is 17.4. The molecular weight excluding hydrogens is 872 g/mol. The summed E-state index contributed by atoms with van der Waals surface area (Å²) in [5.74, 6) is 4.48. The van der Waals surface area contributed by atoms with Gasteiger partial charge < -0.3 is 14.5 Å². The van der Waals surface area contributed by atoms with Crippen LogP contribution in [0.4, 0.5) is 28.4 Å². The molecule has 0 saturated heterocycles. The Balaban J connectivity index is 1.09. The summed E-state index contributed by atoms with van der Waals surface area (Å²) in [4.78, 5) is 5.40. The van der Waals surface area contributed by atoms with E-state index >= 15 is 0 Å². The summed E-state index contributed by atoms with van der Waals surface area (Å²) < 4.78 is 7.75. The number of rotatable bonds is 8. The normalized spacial score (nSPS) is 22.0. The number of hydrogen-bond acceptors (Lipinski definition) is 3. The zero-order chi connectivity index (χ0) is 48.1. The lowest BCUT2D eigenvalue weighted by atomic mass is 9.33. The molecule has 0 spiro atoms. The predicted molar refractivity (Wildman–Crippen MR) is 302 cm³/mol. The summed E-state index contributed by atoms with van der Waals surface area (Å²) in [6.45, 7) is 6.82. The number of benzene rings is 8. The highest BCUT2D eigenvalue weighted by atomic mass is 16.5. The summed E-state index contributed by atoms with van der Waals surface area (Å²) in [5.41, 5.74) is 20.0. The van der Waals surface area contributed by atoms with Gasteiger partial charge in [-0.3, -0.25) is 0 Å². The molecule has 5 aliphatic carbocycles. The van der Waals surface area contributed by atoms with Crippen molar-refractivity contribution in [2.45, 2.75) is 82.6 Å². The van der Waals surface area contributed by atoms with Crippen molar-refractivity contribution in [2.75, 3.05) is 9.80 Å². The standard InChI is InChI=1S/C68H61BN2O/c1-67(2,3)53-31-29-48(30-32-53)52-36-63-65-64(37-52)72-66-59(51-23-13-6-14-24-51)38-56(70(54-25-15-7-16-26-54)55-27-17-8-18-28-55)39-61(66)69(65)60-40-57(49-19-9-4-10-20-49)58(50-21-11-5-12-22-50)41-62(60)71(63)68-42-45-33-46(43-68)35-47(34-45)44-68/h4-21,23-32,36-41,45-47,50H,22,33-35,42-44H2,1-3H3. The topological polar surface area (TPSA) is 15.7 Å². The molecule has 0 amide bonds. The number of allylic oxidation sites excluding steroid dienone is 4. The molecule has 1 unspecified atom stereocenters. The lowest BCUT2D eigenvalue weighted by molar-refractivity contribution is 0.000627. The van der Waals surface area contributed by atoms with E-state index in [9.17, 15) is 0 Å².